The Morgan fingerprint density at radius 1 is 1.11 bits per heavy atom. The Kier molecular flexibility index (Phi) is 8.77. The maximum Gasteiger partial charge on any atom is 0.419 e. The summed E-state index contributed by atoms with van der Waals surface area (Å²) < 4.78 is 46.5. The number of fused-ring (bicyclic) bond motifs is 2. The number of nitrogens with one attached hydrogen (secondary N) is 3. The van der Waals surface area contributed by atoms with Gasteiger partial charge < -0.3 is 30.3 Å². The molecule has 3 aliphatic rings. The van der Waals surface area contributed by atoms with Gasteiger partial charge in [0.15, 0.2) is 5.78 Å². The molecule has 5 amide bonds. The van der Waals surface area contributed by atoms with Crippen LogP contribution in [0.5, 0.6) is 0 Å². The Bertz CT molecular complexity index is 1650. The molecule has 240 valence electrons. The second-order valence-corrected chi connectivity index (χ2v) is 12.5. The van der Waals surface area contributed by atoms with Crippen LogP contribution in [0.25, 0.3) is 0 Å². The first kappa shape index (κ1) is 31.8. The summed E-state index contributed by atoms with van der Waals surface area (Å²) in [5.74, 6) is -2.17. The van der Waals surface area contributed by atoms with Gasteiger partial charge in [-0.3, -0.25) is 14.4 Å². The highest BCUT2D eigenvalue weighted by Gasteiger charge is 2.59. The summed E-state index contributed by atoms with van der Waals surface area (Å²) in [5.41, 5.74) is -0.0628. The Balaban J connectivity index is 1.33. The third kappa shape index (κ3) is 6.31. The van der Waals surface area contributed by atoms with Crippen molar-refractivity contribution in [3.63, 3.8) is 0 Å². The number of Topliss-reactive ketones (excluding diaryl/α,β-unsaturated/α-hetero) is 1. The summed E-state index contributed by atoms with van der Waals surface area (Å²) in [4.78, 5) is 66.0. The van der Waals surface area contributed by atoms with Crippen LogP contribution in [0.1, 0.15) is 29.5 Å². The van der Waals surface area contributed by atoms with E-state index in [0.717, 1.165) is 9.21 Å². The van der Waals surface area contributed by atoms with Gasteiger partial charge in [-0.2, -0.15) is 12.7 Å². The first-order valence-electron chi connectivity index (χ1n) is 14.0. The molecule has 0 radical (unpaired) electrons. The Morgan fingerprint density at radius 2 is 1.80 bits per heavy atom. The number of carboxylic acid groups (broad SMARTS) is 1. The third-order valence-corrected chi connectivity index (χ3v) is 9.55. The van der Waals surface area contributed by atoms with E-state index in [1.54, 1.807) is 12.1 Å². The van der Waals surface area contributed by atoms with Crippen molar-refractivity contribution in [2.45, 2.75) is 37.5 Å². The number of urea groups is 1. The number of benzene rings is 2. The van der Waals surface area contributed by atoms with Crippen molar-refractivity contribution in [1.29, 1.82) is 0 Å². The highest BCUT2D eigenvalue weighted by Crippen LogP contribution is 2.43. The summed E-state index contributed by atoms with van der Waals surface area (Å²) in [6.45, 7) is -0.898. The molecule has 4 N–H and O–H groups in total. The van der Waals surface area contributed by atoms with Gasteiger partial charge in [-0.1, -0.05) is 18.2 Å². The molecule has 15 nitrogen and oxygen atoms in total. The number of carbonyl (C=O) groups is 5. The lowest BCUT2D eigenvalue weighted by Crippen LogP contribution is -2.53. The average Bonchev–Trinajstić information content (AvgIpc) is 3.47. The van der Waals surface area contributed by atoms with E-state index in [-0.39, 0.29) is 45.6 Å². The molecule has 1 spiro atoms. The minimum absolute atomic E-state index is 0.0286. The van der Waals surface area contributed by atoms with E-state index < -0.39 is 63.9 Å². The van der Waals surface area contributed by atoms with E-state index in [4.69, 9.17) is 9.84 Å². The van der Waals surface area contributed by atoms with Crippen LogP contribution in [-0.2, 0) is 47.9 Å². The highest BCUT2D eigenvalue weighted by atomic mass is 32.2. The second-order valence-electron chi connectivity index (χ2n) is 10.8. The van der Waals surface area contributed by atoms with Crippen LogP contribution in [0.3, 0.4) is 0 Å². The van der Waals surface area contributed by atoms with E-state index in [2.05, 4.69) is 10.6 Å². The lowest BCUT2D eigenvalue weighted by molar-refractivity contribution is -0.150. The van der Waals surface area contributed by atoms with Crippen LogP contribution in [0, 0.1) is 5.82 Å². The predicted octanol–water partition coefficient (Wildman–Crippen LogP) is 0.719. The molecule has 2 fully saturated rings. The summed E-state index contributed by atoms with van der Waals surface area (Å²) in [6, 6.07) is 9.21. The fourth-order valence-electron chi connectivity index (χ4n) is 5.86. The van der Waals surface area contributed by atoms with Crippen molar-refractivity contribution in [2.24, 2.45) is 0 Å². The van der Waals surface area contributed by atoms with E-state index in [1.165, 1.54) is 47.0 Å². The largest absolute Gasteiger partial charge is 0.464 e. The molecule has 1 atom stereocenters. The molecule has 0 bridgehead atoms. The summed E-state index contributed by atoms with van der Waals surface area (Å²) in [7, 11) is -2.83. The first-order valence-corrected chi connectivity index (χ1v) is 15.4. The molecule has 2 saturated heterocycles. The van der Waals surface area contributed by atoms with Crippen LogP contribution < -0.4 is 15.4 Å². The average molecular weight is 647 g/mol. The van der Waals surface area contributed by atoms with Gasteiger partial charge in [0.05, 0.1) is 0 Å². The maximum absolute atomic E-state index is 13.8. The van der Waals surface area contributed by atoms with E-state index >= 15 is 0 Å². The SMILES string of the molecule is CNC(=O)Nc1ccc2c(c1)CC(=O)[C@]21OCN(CC(=O)N(Cc2ccc(F)cc2)C2CCN(S(=O)(=O)NC(=O)O)CC2)C1=O. The fourth-order valence-corrected chi connectivity index (χ4v) is 6.90. The van der Waals surface area contributed by atoms with E-state index in [1.807, 2.05) is 0 Å². The first-order chi connectivity index (χ1) is 21.3. The number of hydrogen-bond donors (Lipinski definition) is 4. The van der Waals surface area contributed by atoms with Gasteiger partial charge in [-0.15, -0.1) is 0 Å². The van der Waals surface area contributed by atoms with Gasteiger partial charge in [0, 0.05) is 50.4 Å². The van der Waals surface area contributed by atoms with Gasteiger partial charge in [-0.25, -0.2) is 18.7 Å². The van der Waals surface area contributed by atoms with Gasteiger partial charge in [-0.05, 0) is 48.2 Å². The number of ether oxygens (including phenoxy) is 1. The van der Waals surface area contributed by atoms with Gasteiger partial charge in [0.2, 0.25) is 11.5 Å². The minimum atomic E-state index is -4.28. The highest BCUT2D eigenvalue weighted by molar-refractivity contribution is 7.87. The monoisotopic (exact) mass is 646 g/mol. The lowest BCUT2D eigenvalue weighted by Gasteiger charge is -2.38. The number of anilines is 1. The zero-order valence-corrected chi connectivity index (χ0v) is 24.9. The van der Waals surface area contributed by atoms with Crippen molar-refractivity contribution in [1.82, 2.24) is 24.1 Å². The zero-order chi connectivity index (χ0) is 32.5. The van der Waals surface area contributed by atoms with E-state index in [9.17, 15) is 36.8 Å². The second kappa shape index (κ2) is 12.4. The number of nitrogens with zero attached hydrogens (tertiary/aromatic N) is 3. The van der Waals surface area contributed by atoms with Crippen molar-refractivity contribution >= 4 is 45.6 Å². The van der Waals surface area contributed by atoms with E-state index in [0.29, 0.717) is 22.4 Å². The topological polar surface area (TPSA) is 195 Å². The van der Waals surface area contributed by atoms with Crippen LogP contribution >= 0.6 is 0 Å². The molecule has 17 heteroatoms. The normalized spacial score (nSPS) is 20.3. The van der Waals surface area contributed by atoms with Crippen LogP contribution in [0.2, 0.25) is 0 Å². The van der Waals surface area contributed by atoms with Crippen LogP contribution in [0.4, 0.5) is 19.7 Å². The molecule has 1 aliphatic carbocycles. The van der Waals surface area contributed by atoms with Gasteiger partial charge >= 0.3 is 22.3 Å². The predicted molar refractivity (Wildman–Crippen MR) is 154 cm³/mol. The van der Waals surface area contributed by atoms with Crippen molar-refractivity contribution in [3.8, 4) is 0 Å². The van der Waals surface area contributed by atoms with Crippen LogP contribution in [0.15, 0.2) is 42.5 Å². The number of amides is 5. The Morgan fingerprint density at radius 3 is 2.44 bits per heavy atom. The Hall–Kier alpha value is -4.61. The maximum atomic E-state index is 13.8. The molecule has 45 heavy (non-hydrogen) atoms. The number of halogens is 1. The van der Waals surface area contributed by atoms with Gasteiger partial charge in [0.1, 0.15) is 19.1 Å². The Labute approximate surface area is 257 Å². The number of rotatable bonds is 8. The molecular formula is C28H31FN6O9S. The number of ketones is 1. The number of carbonyl (C=O) groups excluding carboxylic acids is 4. The number of hydrogen-bond acceptors (Lipinski definition) is 8. The van der Waals surface area contributed by atoms with Crippen molar-refractivity contribution in [2.75, 3.05) is 38.7 Å². The van der Waals surface area contributed by atoms with Crippen LogP contribution in [-0.4, -0.2) is 96.8 Å². The quantitative estimate of drug-likeness (QED) is 0.299. The molecule has 0 saturated carbocycles. The summed E-state index contributed by atoms with van der Waals surface area (Å²) in [6.07, 6.45) is -1.49. The molecule has 2 heterocycles. The lowest BCUT2D eigenvalue weighted by atomic mass is 9.94. The molecule has 0 aromatic heterocycles. The summed E-state index contributed by atoms with van der Waals surface area (Å²) in [5, 5.41) is 13.9. The fraction of sp³-hybridized carbons (Fsp3) is 0.393. The standard InChI is InChI=1S/C28H31FN6O9S/c1-30-26(39)31-20-6-7-22-18(12-20)13-23(36)28(22)25(38)33(16-44-28)15-24(37)35(14-17-2-4-19(29)5-3-17)21-8-10-34(11-9-21)45(42,43)32-27(40)41/h2-7,12,21,32H,8-11,13-16H2,1H3,(H,40,41)(H2,30,31,39)/t28-/m1/s1. The molecule has 2 aromatic rings. The summed E-state index contributed by atoms with van der Waals surface area (Å²) >= 11 is 0. The molecule has 2 aliphatic heterocycles. The third-order valence-electron chi connectivity index (χ3n) is 8.07. The molecule has 5 rings (SSSR count). The molecular weight excluding hydrogens is 615 g/mol. The molecule has 2 aromatic carbocycles. The molecule has 0 unspecified atom stereocenters. The smallest absolute Gasteiger partial charge is 0.419 e. The minimum Gasteiger partial charge on any atom is -0.464 e. The number of piperidine rings is 1. The van der Waals surface area contributed by atoms with Crippen molar-refractivity contribution < 1.29 is 46.6 Å². The zero-order valence-electron chi connectivity index (χ0n) is 24.1. The van der Waals surface area contributed by atoms with Gasteiger partial charge in [0.25, 0.3) is 5.91 Å². The van der Waals surface area contributed by atoms with Crippen molar-refractivity contribution in [3.05, 3.63) is 65.0 Å².